The van der Waals surface area contributed by atoms with Gasteiger partial charge in [-0.25, -0.2) is 0 Å². The molecule has 9 heteroatoms. The number of thiophene rings is 2. The summed E-state index contributed by atoms with van der Waals surface area (Å²) in [7, 11) is 0. The minimum atomic E-state index is -4.90. The molecular formula is C51H52BF3N2OS2. The van der Waals surface area contributed by atoms with Gasteiger partial charge in [0, 0.05) is 64.6 Å². The topological polar surface area (TPSA) is 15.7 Å². The van der Waals surface area contributed by atoms with Gasteiger partial charge in [0.1, 0.15) is 5.75 Å². The molecule has 2 aliphatic heterocycles. The van der Waals surface area contributed by atoms with Crippen LogP contribution in [0.25, 0.3) is 20.2 Å². The lowest BCUT2D eigenvalue weighted by atomic mass is 9.39. The van der Waals surface area contributed by atoms with E-state index in [0.717, 1.165) is 48.4 Å². The maximum Gasteiger partial charge on any atom is 0.573 e. The standard InChI is InChI=1S/C51H52BF3N2OS2/c1-47(2,3)29-13-19-33(20-14-29)56-38-27-35(58-51(53,54)55)28-39-42(38)52(45-43(56)36-25-31(49(7,8)9)17-23-40(36)59-45)46-44(37-26-32(50(10,11)12)18-24-41(37)60-46)57(39)34-21-15-30(16-22-34)48(4,5)6/h13-28H,1-12H3. The van der Waals surface area contributed by atoms with Crippen LogP contribution in [0.15, 0.2) is 97.1 Å². The van der Waals surface area contributed by atoms with Gasteiger partial charge in [-0.1, -0.05) is 119 Å². The Labute approximate surface area is 360 Å². The Kier molecular flexibility index (Phi) is 9.07. The van der Waals surface area contributed by atoms with Gasteiger partial charge < -0.3 is 14.5 Å². The van der Waals surface area contributed by atoms with Gasteiger partial charge in [-0.2, -0.15) is 0 Å². The first-order valence-corrected chi connectivity index (χ1v) is 22.4. The Morgan fingerprint density at radius 3 is 1.15 bits per heavy atom. The molecule has 0 aliphatic carbocycles. The molecule has 0 N–H and O–H groups in total. The second-order valence-corrected chi connectivity index (χ2v) is 22.8. The summed E-state index contributed by atoms with van der Waals surface area (Å²) < 4.78 is 53.1. The number of anilines is 6. The van der Waals surface area contributed by atoms with E-state index in [9.17, 15) is 13.2 Å². The maximum absolute atomic E-state index is 14.5. The van der Waals surface area contributed by atoms with Gasteiger partial charge in [-0.3, -0.25) is 0 Å². The third-order valence-corrected chi connectivity index (χ3v) is 14.6. The summed E-state index contributed by atoms with van der Waals surface area (Å²) >= 11 is 3.59. The second-order valence-electron chi connectivity index (χ2n) is 20.7. The normalized spacial score (nSPS) is 14.5. The number of alkyl halides is 3. The number of hydrogen-bond donors (Lipinski definition) is 0. The lowest BCUT2D eigenvalue weighted by molar-refractivity contribution is -0.274. The van der Waals surface area contributed by atoms with E-state index in [1.807, 2.05) is 0 Å². The van der Waals surface area contributed by atoms with Crippen LogP contribution in [0.3, 0.4) is 0 Å². The molecule has 0 saturated heterocycles. The Morgan fingerprint density at radius 2 is 0.817 bits per heavy atom. The van der Waals surface area contributed by atoms with Gasteiger partial charge in [0.2, 0.25) is 0 Å². The van der Waals surface area contributed by atoms with E-state index in [1.165, 1.54) is 31.8 Å². The van der Waals surface area contributed by atoms with Gasteiger partial charge in [-0.05, 0) is 97.9 Å². The van der Waals surface area contributed by atoms with Crippen LogP contribution in [0.2, 0.25) is 0 Å². The van der Waals surface area contributed by atoms with Crippen molar-refractivity contribution in [1.29, 1.82) is 0 Å². The zero-order valence-corrected chi connectivity index (χ0v) is 38.2. The van der Waals surface area contributed by atoms with Crippen LogP contribution < -0.4 is 29.6 Å². The third kappa shape index (κ3) is 6.80. The summed E-state index contributed by atoms with van der Waals surface area (Å²) in [5.41, 5.74) is 10.5. The highest BCUT2D eigenvalue weighted by Gasteiger charge is 2.48. The zero-order chi connectivity index (χ0) is 43.1. The monoisotopic (exact) mass is 840 g/mol. The first-order valence-electron chi connectivity index (χ1n) is 20.8. The van der Waals surface area contributed by atoms with E-state index in [-0.39, 0.29) is 34.1 Å². The molecule has 4 heterocycles. The summed E-state index contributed by atoms with van der Waals surface area (Å²) in [6, 6.07) is 33.9. The van der Waals surface area contributed by atoms with Crippen molar-refractivity contribution in [3.8, 4) is 5.75 Å². The summed E-state index contributed by atoms with van der Waals surface area (Å²) in [5.74, 6) is -0.251. The molecule has 0 atom stereocenters. The number of halogens is 3. The zero-order valence-electron chi connectivity index (χ0n) is 36.6. The van der Waals surface area contributed by atoms with Crippen LogP contribution in [0, 0.1) is 0 Å². The molecule has 3 nitrogen and oxygen atoms in total. The van der Waals surface area contributed by atoms with Crippen LogP contribution in [0.4, 0.5) is 47.3 Å². The summed E-state index contributed by atoms with van der Waals surface area (Å²) in [6.45, 7) is 26.2. The second kappa shape index (κ2) is 13.4. The summed E-state index contributed by atoms with van der Waals surface area (Å²) in [6.07, 6.45) is -4.90. The van der Waals surface area contributed by atoms with Gasteiger partial charge >= 0.3 is 6.36 Å². The van der Waals surface area contributed by atoms with Crippen molar-refractivity contribution in [1.82, 2.24) is 0 Å². The predicted molar refractivity (Wildman–Crippen MR) is 253 cm³/mol. The molecule has 7 aromatic rings. The number of benzene rings is 5. The number of fused-ring (bicyclic) bond motifs is 8. The SMILES string of the molecule is CC(C)(C)c1ccc(N2c3cc(OC(F)(F)F)cc4c3B(c3sc5ccc(C(C)(C)C)cc5c32)c2sc3ccc(C(C)(C)C)cc3c2N4c2ccc(C(C)(C)C)cc2)cc1. The van der Waals surface area contributed by atoms with Crippen LogP contribution >= 0.6 is 22.7 Å². The average Bonchev–Trinajstić information content (AvgIpc) is 3.71. The highest BCUT2D eigenvalue weighted by atomic mass is 32.1. The van der Waals surface area contributed by atoms with Crippen molar-refractivity contribution in [3.05, 3.63) is 119 Å². The van der Waals surface area contributed by atoms with Crippen molar-refractivity contribution in [2.45, 2.75) is 111 Å². The smallest absolute Gasteiger partial charge is 0.406 e. The number of nitrogens with zero attached hydrogens (tertiary/aromatic N) is 2. The molecular weight excluding hydrogens is 789 g/mol. The molecule has 2 aliphatic rings. The Morgan fingerprint density at radius 1 is 0.467 bits per heavy atom. The minimum absolute atomic E-state index is 0.0829. The van der Waals surface area contributed by atoms with Crippen LogP contribution in [-0.4, -0.2) is 13.1 Å². The molecule has 0 bridgehead atoms. The largest absolute Gasteiger partial charge is 0.573 e. The highest BCUT2D eigenvalue weighted by Crippen LogP contribution is 2.52. The molecule has 5 aromatic carbocycles. The molecule has 0 spiro atoms. The lowest BCUT2D eigenvalue weighted by Crippen LogP contribution is -2.59. The van der Waals surface area contributed by atoms with E-state index in [0.29, 0.717) is 11.4 Å². The van der Waals surface area contributed by atoms with Crippen molar-refractivity contribution in [3.63, 3.8) is 0 Å². The Hall–Kier alpha value is -4.73. The number of rotatable bonds is 3. The Balaban J connectivity index is 1.43. The van der Waals surface area contributed by atoms with Gasteiger partial charge in [0.25, 0.3) is 6.71 Å². The fraction of sp³-hybridized carbons (Fsp3) is 0.333. The van der Waals surface area contributed by atoms with E-state index < -0.39 is 6.36 Å². The summed E-state index contributed by atoms with van der Waals surface area (Å²) in [5, 5.41) is 2.18. The predicted octanol–water partition coefficient (Wildman–Crippen LogP) is 14.3. The van der Waals surface area contributed by atoms with Crippen LogP contribution in [0.5, 0.6) is 5.75 Å². The number of ether oxygens (including phenoxy) is 1. The molecule has 60 heavy (non-hydrogen) atoms. The molecule has 0 saturated carbocycles. The van der Waals surface area contributed by atoms with Crippen LogP contribution in [-0.2, 0) is 21.7 Å². The quantitative estimate of drug-likeness (QED) is 0.165. The van der Waals surface area contributed by atoms with Crippen molar-refractivity contribution < 1.29 is 17.9 Å². The van der Waals surface area contributed by atoms with E-state index in [4.69, 9.17) is 4.74 Å². The Bertz CT molecular complexity index is 2640. The van der Waals surface area contributed by atoms with E-state index in [2.05, 4.69) is 178 Å². The van der Waals surface area contributed by atoms with Crippen molar-refractivity contribution in [2.75, 3.05) is 9.80 Å². The maximum atomic E-state index is 14.5. The van der Waals surface area contributed by atoms with Gasteiger partial charge in [0.15, 0.2) is 0 Å². The fourth-order valence-electron chi connectivity index (χ4n) is 8.83. The third-order valence-electron chi connectivity index (χ3n) is 12.2. The molecule has 0 radical (unpaired) electrons. The molecule has 0 fully saturated rings. The lowest BCUT2D eigenvalue weighted by Gasteiger charge is -2.42. The molecule has 0 amide bonds. The number of hydrogen-bond acceptors (Lipinski definition) is 5. The average molecular weight is 841 g/mol. The molecule has 2 aromatic heterocycles. The first kappa shape index (κ1) is 40.7. The summed E-state index contributed by atoms with van der Waals surface area (Å²) in [4.78, 5) is 4.42. The van der Waals surface area contributed by atoms with Gasteiger partial charge in [0.05, 0.1) is 11.4 Å². The first-order chi connectivity index (χ1) is 27.9. The fourth-order valence-corrected chi connectivity index (χ4v) is 11.5. The molecule has 308 valence electrons. The van der Waals surface area contributed by atoms with Crippen molar-refractivity contribution >= 4 is 98.7 Å². The van der Waals surface area contributed by atoms with Crippen molar-refractivity contribution in [2.24, 2.45) is 0 Å². The molecule has 0 unspecified atom stereocenters. The molecule has 9 rings (SSSR count). The van der Waals surface area contributed by atoms with E-state index in [1.54, 1.807) is 34.8 Å². The minimum Gasteiger partial charge on any atom is -0.406 e. The van der Waals surface area contributed by atoms with E-state index >= 15 is 0 Å². The van der Waals surface area contributed by atoms with Gasteiger partial charge in [-0.15, -0.1) is 35.8 Å². The highest BCUT2D eigenvalue weighted by molar-refractivity contribution is 7.40. The van der Waals surface area contributed by atoms with Crippen LogP contribution in [0.1, 0.15) is 105 Å².